The van der Waals surface area contributed by atoms with Gasteiger partial charge in [0.05, 0.1) is 6.54 Å². The summed E-state index contributed by atoms with van der Waals surface area (Å²) in [6, 6.07) is -0.176. The van der Waals surface area contributed by atoms with Crippen molar-refractivity contribution >= 4 is 6.03 Å². The molecule has 0 aromatic rings. The molecule has 0 aromatic heterocycles. The number of nitrogens with zero attached hydrogens (tertiary/aromatic N) is 1. The third kappa shape index (κ3) is 1.13. The van der Waals surface area contributed by atoms with Crippen molar-refractivity contribution in [2.45, 2.75) is 13.2 Å². The van der Waals surface area contributed by atoms with E-state index in [0.717, 1.165) is 0 Å². The molecule has 4 nitrogen and oxygen atoms in total. The summed E-state index contributed by atoms with van der Waals surface area (Å²) in [5.41, 5.74) is 0. The maximum absolute atomic E-state index is 10.7. The first-order valence-corrected chi connectivity index (χ1v) is 2.97. The van der Waals surface area contributed by atoms with Crippen LogP contribution >= 0.6 is 0 Å². The third-order valence-electron chi connectivity index (χ3n) is 1.35. The molecular formula is C5H10N2O2. The quantitative estimate of drug-likeness (QED) is 0.495. The van der Waals surface area contributed by atoms with Gasteiger partial charge in [0.1, 0.15) is 6.23 Å². The number of aliphatic hydroxyl groups is 1. The molecule has 1 unspecified atom stereocenters. The number of aliphatic hydroxyl groups excluding tert-OH is 1. The minimum atomic E-state index is -0.669. The average Bonchev–Trinajstić information content (AvgIpc) is 2.10. The first-order chi connectivity index (χ1) is 4.24. The van der Waals surface area contributed by atoms with Crippen molar-refractivity contribution < 1.29 is 9.90 Å². The molecule has 0 aromatic carbocycles. The molecule has 1 atom stereocenters. The standard InChI is InChI=1S/C5H10N2O2/c1-2-7-3-4(8)6-5(7)9/h4,8H,2-3H2,1H3,(H,6,9). The molecule has 4 heteroatoms. The van der Waals surface area contributed by atoms with E-state index in [4.69, 9.17) is 5.11 Å². The molecule has 2 N–H and O–H groups in total. The topological polar surface area (TPSA) is 52.6 Å². The zero-order valence-electron chi connectivity index (χ0n) is 5.29. The molecule has 0 saturated carbocycles. The molecular weight excluding hydrogens is 120 g/mol. The number of hydrogen-bond donors (Lipinski definition) is 2. The number of amides is 2. The van der Waals surface area contributed by atoms with Crippen LogP contribution in [0.5, 0.6) is 0 Å². The monoisotopic (exact) mass is 130 g/mol. The van der Waals surface area contributed by atoms with Crippen LogP contribution in [0.2, 0.25) is 0 Å². The molecule has 9 heavy (non-hydrogen) atoms. The molecule has 1 saturated heterocycles. The minimum absolute atomic E-state index is 0.176. The van der Waals surface area contributed by atoms with Crippen LogP contribution in [0, 0.1) is 0 Å². The Morgan fingerprint density at radius 1 is 2.00 bits per heavy atom. The Bertz CT molecular complexity index is 126. The lowest BCUT2D eigenvalue weighted by Gasteiger charge is -2.08. The fraction of sp³-hybridized carbons (Fsp3) is 0.800. The zero-order valence-corrected chi connectivity index (χ0v) is 5.29. The summed E-state index contributed by atoms with van der Waals surface area (Å²) in [6.45, 7) is 2.94. The van der Waals surface area contributed by atoms with Gasteiger partial charge in [-0.1, -0.05) is 0 Å². The highest BCUT2D eigenvalue weighted by Crippen LogP contribution is 1.99. The molecule has 1 aliphatic heterocycles. The number of hydrogen-bond acceptors (Lipinski definition) is 2. The lowest BCUT2D eigenvalue weighted by molar-refractivity contribution is 0.161. The maximum Gasteiger partial charge on any atom is 0.319 e. The summed E-state index contributed by atoms with van der Waals surface area (Å²) in [5, 5.41) is 11.2. The predicted molar refractivity (Wildman–Crippen MR) is 31.8 cm³/mol. The second-order valence-electron chi connectivity index (χ2n) is 2.00. The van der Waals surface area contributed by atoms with Crippen LogP contribution in [0.4, 0.5) is 4.79 Å². The highest BCUT2D eigenvalue weighted by molar-refractivity contribution is 5.76. The van der Waals surface area contributed by atoms with Crippen LogP contribution in [0.25, 0.3) is 0 Å². The fourth-order valence-electron chi connectivity index (χ4n) is 0.844. The molecule has 0 spiro atoms. The number of carbonyl (C=O) groups is 1. The van der Waals surface area contributed by atoms with Gasteiger partial charge in [0.25, 0.3) is 0 Å². The predicted octanol–water partition coefficient (Wildman–Crippen LogP) is -0.650. The molecule has 1 heterocycles. The van der Waals surface area contributed by atoms with Crippen molar-refractivity contribution in [3.05, 3.63) is 0 Å². The Kier molecular flexibility index (Phi) is 1.57. The zero-order chi connectivity index (χ0) is 6.85. The Morgan fingerprint density at radius 2 is 2.67 bits per heavy atom. The Hall–Kier alpha value is -0.770. The van der Waals surface area contributed by atoms with E-state index in [1.165, 1.54) is 0 Å². The minimum Gasteiger partial charge on any atom is -0.372 e. The Morgan fingerprint density at radius 3 is 2.89 bits per heavy atom. The largest absolute Gasteiger partial charge is 0.372 e. The lowest BCUT2D eigenvalue weighted by atomic mass is 10.5. The van der Waals surface area contributed by atoms with Crippen molar-refractivity contribution in [3.8, 4) is 0 Å². The summed E-state index contributed by atoms with van der Waals surface area (Å²) < 4.78 is 0. The summed E-state index contributed by atoms with van der Waals surface area (Å²) in [5.74, 6) is 0. The number of likely N-dealkylation sites (N-methyl/N-ethyl adjacent to an activating group) is 1. The van der Waals surface area contributed by atoms with Crippen LogP contribution in [0.15, 0.2) is 0 Å². The molecule has 0 radical (unpaired) electrons. The first kappa shape index (κ1) is 6.35. The molecule has 0 bridgehead atoms. The second-order valence-corrected chi connectivity index (χ2v) is 2.00. The number of urea groups is 1. The highest BCUT2D eigenvalue weighted by atomic mass is 16.3. The van der Waals surface area contributed by atoms with E-state index in [1.54, 1.807) is 4.90 Å². The van der Waals surface area contributed by atoms with Crippen molar-refractivity contribution in [2.75, 3.05) is 13.1 Å². The third-order valence-corrected chi connectivity index (χ3v) is 1.35. The SMILES string of the molecule is CCN1CC(O)NC1=O. The highest BCUT2D eigenvalue weighted by Gasteiger charge is 2.24. The van der Waals surface area contributed by atoms with E-state index in [-0.39, 0.29) is 6.03 Å². The van der Waals surface area contributed by atoms with E-state index >= 15 is 0 Å². The molecule has 0 aliphatic carbocycles. The van der Waals surface area contributed by atoms with Crippen molar-refractivity contribution in [2.24, 2.45) is 0 Å². The number of carbonyl (C=O) groups excluding carboxylic acids is 1. The normalized spacial score (nSPS) is 26.7. The maximum atomic E-state index is 10.7. The molecule has 1 rings (SSSR count). The van der Waals surface area contributed by atoms with E-state index in [0.29, 0.717) is 13.1 Å². The van der Waals surface area contributed by atoms with Crippen LogP contribution in [0.1, 0.15) is 6.92 Å². The van der Waals surface area contributed by atoms with E-state index in [2.05, 4.69) is 5.32 Å². The van der Waals surface area contributed by atoms with E-state index in [9.17, 15) is 4.79 Å². The fourth-order valence-corrected chi connectivity index (χ4v) is 0.844. The van der Waals surface area contributed by atoms with Gasteiger partial charge in [0.2, 0.25) is 0 Å². The van der Waals surface area contributed by atoms with Gasteiger partial charge < -0.3 is 15.3 Å². The Balaban J connectivity index is 2.48. The molecule has 52 valence electrons. The van der Waals surface area contributed by atoms with Gasteiger partial charge in [-0.3, -0.25) is 0 Å². The van der Waals surface area contributed by atoms with Crippen LogP contribution < -0.4 is 5.32 Å². The lowest BCUT2D eigenvalue weighted by Crippen LogP contribution is -2.28. The van der Waals surface area contributed by atoms with Crippen LogP contribution in [0.3, 0.4) is 0 Å². The molecule has 2 amide bonds. The van der Waals surface area contributed by atoms with Crippen LogP contribution in [-0.4, -0.2) is 35.4 Å². The average molecular weight is 130 g/mol. The number of nitrogens with one attached hydrogen (secondary N) is 1. The number of β-amino-alcohol motifs (C(OH)–C–C–N with tert-alkyl or cyclic N) is 1. The van der Waals surface area contributed by atoms with Crippen molar-refractivity contribution in [1.29, 1.82) is 0 Å². The summed E-state index contributed by atoms with van der Waals surface area (Å²) in [6.07, 6.45) is -0.669. The molecule has 1 aliphatic rings. The molecule has 1 fully saturated rings. The smallest absolute Gasteiger partial charge is 0.319 e. The van der Waals surface area contributed by atoms with Gasteiger partial charge in [-0.15, -0.1) is 0 Å². The number of rotatable bonds is 1. The summed E-state index contributed by atoms with van der Waals surface area (Å²) >= 11 is 0. The van der Waals surface area contributed by atoms with Gasteiger partial charge in [0.15, 0.2) is 0 Å². The first-order valence-electron chi connectivity index (χ1n) is 2.97. The van der Waals surface area contributed by atoms with Gasteiger partial charge in [-0.25, -0.2) is 4.79 Å². The van der Waals surface area contributed by atoms with Crippen molar-refractivity contribution in [1.82, 2.24) is 10.2 Å². The van der Waals surface area contributed by atoms with Gasteiger partial charge in [-0.05, 0) is 6.92 Å². The van der Waals surface area contributed by atoms with Crippen LogP contribution in [-0.2, 0) is 0 Å². The van der Waals surface area contributed by atoms with Gasteiger partial charge in [0, 0.05) is 6.54 Å². The Labute approximate surface area is 53.5 Å². The van der Waals surface area contributed by atoms with Crippen molar-refractivity contribution in [3.63, 3.8) is 0 Å². The second kappa shape index (κ2) is 2.23. The van der Waals surface area contributed by atoms with Gasteiger partial charge in [-0.2, -0.15) is 0 Å². The van der Waals surface area contributed by atoms with E-state index in [1.807, 2.05) is 6.92 Å². The summed E-state index contributed by atoms with van der Waals surface area (Å²) in [7, 11) is 0. The van der Waals surface area contributed by atoms with Gasteiger partial charge >= 0.3 is 6.03 Å². The van der Waals surface area contributed by atoms with E-state index < -0.39 is 6.23 Å². The summed E-state index contributed by atoms with van der Waals surface area (Å²) in [4.78, 5) is 12.2.